The zero-order valence-electron chi connectivity index (χ0n) is 5.74. The molecule has 0 amide bonds. The molecule has 1 aliphatic rings. The van der Waals surface area contributed by atoms with Crippen molar-refractivity contribution in [1.82, 2.24) is 0 Å². The second-order valence-electron chi connectivity index (χ2n) is 2.23. The van der Waals surface area contributed by atoms with E-state index in [9.17, 15) is 4.79 Å². The molecule has 0 spiro atoms. The molecule has 1 saturated heterocycles. The van der Waals surface area contributed by atoms with Gasteiger partial charge in [0.1, 0.15) is 0 Å². The number of hydrogen-bond acceptors (Lipinski definition) is 4. The van der Waals surface area contributed by atoms with Crippen molar-refractivity contribution in [3.05, 3.63) is 0 Å². The maximum atomic E-state index is 10.5. The molecule has 1 rings (SSSR count). The fourth-order valence-electron chi connectivity index (χ4n) is 0.837. The number of carbonyl (C=O) groups excluding carboxylic acids is 1. The molecule has 4 nitrogen and oxygen atoms in total. The van der Waals surface area contributed by atoms with Crippen LogP contribution in [0, 0.1) is 0 Å². The largest absolute Gasteiger partial charge is 0.469 e. The molecule has 4 heteroatoms. The molecule has 2 atom stereocenters. The third kappa shape index (κ3) is 1.68. The van der Waals surface area contributed by atoms with Crippen molar-refractivity contribution in [2.24, 2.45) is 0 Å². The molecule has 0 aliphatic carbocycles. The minimum absolute atomic E-state index is 0.137. The third-order valence-electron chi connectivity index (χ3n) is 1.44. The lowest BCUT2D eigenvalue weighted by Gasteiger charge is -2.30. The smallest absolute Gasteiger partial charge is 0.308 e. The standard InChI is InChI=1S/C6H10O4/c1-9-5(7)2-4-3-6(8)10-4/h4,6,8H,2-3H2,1H3/t4?,6-/m0/s1. The Bertz CT molecular complexity index is 128. The molecule has 1 aliphatic heterocycles. The van der Waals surface area contributed by atoms with Crippen molar-refractivity contribution in [1.29, 1.82) is 0 Å². The molecule has 0 bridgehead atoms. The summed E-state index contributed by atoms with van der Waals surface area (Å²) in [4.78, 5) is 10.5. The summed E-state index contributed by atoms with van der Waals surface area (Å²) in [5, 5.41) is 8.63. The Balaban J connectivity index is 2.10. The molecule has 58 valence electrons. The number of ether oxygens (including phenoxy) is 2. The fourth-order valence-corrected chi connectivity index (χ4v) is 0.837. The number of rotatable bonds is 2. The van der Waals surface area contributed by atoms with Crippen molar-refractivity contribution >= 4 is 5.97 Å². The van der Waals surface area contributed by atoms with Gasteiger partial charge >= 0.3 is 5.97 Å². The van der Waals surface area contributed by atoms with E-state index in [-0.39, 0.29) is 18.5 Å². The van der Waals surface area contributed by atoms with Crippen molar-refractivity contribution in [3.63, 3.8) is 0 Å². The van der Waals surface area contributed by atoms with Gasteiger partial charge in [0.25, 0.3) is 0 Å². The van der Waals surface area contributed by atoms with E-state index in [4.69, 9.17) is 9.84 Å². The number of methoxy groups -OCH3 is 1. The Kier molecular flexibility index (Phi) is 2.24. The van der Waals surface area contributed by atoms with Gasteiger partial charge in [0, 0.05) is 6.42 Å². The number of hydrogen-bond donors (Lipinski definition) is 1. The lowest BCUT2D eigenvalue weighted by molar-refractivity contribution is -0.234. The molecular weight excluding hydrogens is 136 g/mol. The number of aliphatic hydroxyl groups is 1. The summed E-state index contributed by atoms with van der Waals surface area (Å²) in [6, 6.07) is 0. The maximum Gasteiger partial charge on any atom is 0.308 e. The Morgan fingerprint density at radius 2 is 2.50 bits per heavy atom. The van der Waals surface area contributed by atoms with Crippen LogP contribution in [-0.4, -0.2) is 30.6 Å². The van der Waals surface area contributed by atoms with Crippen molar-refractivity contribution in [2.75, 3.05) is 7.11 Å². The number of aliphatic hydroxyl groups excluding tert-OH is 1. The Hall–Kier alpha value is -0.610. The summed E-state index contributed by atoms with van der Waals surface area (Å²) in [5.74, 6) is -0.295. The topological polar surface area (TPSA) is 55.8 Å². The Labute approximate surface area is 58.7 Å². The van der Waals surface area contributed by atoms with Crippen LogP contribution in [0.4, 0.5) is 0 Å². The van der Waals surface area contributed by atoms with Gasteiger partial charge in [-0.3, -0.25) is 4.79 Å². The van der Waals surface area contributed by atoms with Gasteiger partial charge < -0.3 is 14.6 Å². The first-order valence-electron chi connectivity index (χ1n) is 3.12. The SMILES string of the molecule is COC(=O)CC1C[C@@H](O)O1. The highest BCUT2D eigenvalue weighted by Gasteiger charge is 2.29. The molecular formula is C6H10O4. The van der Waals surface area contributed by atoms with Crippen LogP contribution in [0.3, 0.4) is 0 Å². The second-order valence-corrected chi connectivity index (χ2v) is 2.23. The molecule has 1 heterocycles. The van der Waals surface area contributed by atoms with E-state index in [1.807, 2.05) is 0 Å². The Morgan fingerprint density at radius 3 is 2.90 bits per heavy atom. The molecule has 1 unspecified atom stereocenters. The van der Waals surface area contributed by atoms with E-state index in [1.165, 1.54) is 7.11 Å². The predicted molar refractivity (Wildman–Crippen MR) is 32.1 cm³/mol. The van der Waals surface area contributed by atoms with E-state index in [2.05, 4.69) is 4.74 Å². The first kappa shape index (κ1) is 7.50. The van der Waals surface area contributed by atoms with E-state index in [0.717, 1.165) is 0 Å². The van der Waals surface area contributed by atoms with Crippen LogP contribution in [0.1, 0.15) is 12.8 Å². The van der Waals surface area contributed by atoms with Gasteiger partial charge in [-0.05, 0) is 0 Å². The lowest BCUT2D eigenvalue weighted by atomic mass is 10.1. The van der Waals surface area contributed by atoms with Crippen LogP contribution in [-0.2, 0) is 14.3 Å². The zero-order chi connectivity index (χ0) is 7.56. The molecule has 0 aromatic carbocycles. The molecule has 0 aromatic rings. The highest BCUT2D eigenvalue weighted by Crippen LogP contribution is 2.20. The van der Waals surface area contributed by atoms with Crippen molar-refractivity contribution in [3.8, 4) is 0 Å². The van der Waals surface area contributed by atoms with Gasteiger partial charge in [0.15, 0.2) is 6.29 Å². The number of esters is 1. The second kappa shape index (κ2) is 2.98. The van der Waals surface area contributed by atoms with Crippen LogP contribution < -0.4 is 0 Å². The minimum atomic E-state index is -0.672. The van der Waals surface area contributed by atoms with Crippen molar-refractivity contribution in [2.45, 2.75) is 25.2 Å². The highest BCUT2D eigenvalue weighted by atomic mass is 16.6. The minimum Gasteiger partial charge on any atom is -0.469 e. The van der Waals surface area contributed by atoms with E-state index >= 15 is 0 Å². The summed E-state index contributed by atoms with van der Waals surface area (Å²) < 4.78 is 9.16. The molecule has 1 fully saturated rings. The van der Waals surface area contributed by atoms with Crippen LogP contribution in [0.2, 0.25) is 0 Å². The third-order valence-corrected chi connectivity index (χ3v) is 1.44. The average molecular weight is 146 g/mol. The quantitative estimate of drug-likeness (QED) is 0.541. The molecule has 0 saturated carbocycles. The first-order chi connectivity index (χ1) is 4.72. The predicted octanol–water partition coefficient (Wildman–Crippen LogP) is -0.343. The van der Waals surface area contributed by atoms with Crippen LogP contribution >= 0.6 is 0 Å². The Morgan fingerprint density at radius 1 is 1.90 bits per heavy atom. The molecule has 0 radical (unpaired) electrons. The van der Waals surface area contributed by atoms with Crippen molar-refractivity contribution < 1.29 is 19.4 Å². The van der Waals surface area contributed by atoms with Gasteiger partial charge in [0.2, 0.25) is 0 Å². The molecule has 1 N–H and O–H groups in total. The molecule has 0 aromatic heterocycles. The van der Waals surface area contributed by atoms with E-state index in [0.29, 0.717) is 6.42 Å². The number of carbonyl (C=O) groups is 1. The lowest BCUT2D eigenvalue weighted by Crippen LogP contribution is -2.38. The zero-order valence-corrected chi connectivity index (χ0v) is 5.74. The first-order valence-corrected chi connectivity index (χ1v) is 3.12. The summed E-state index contributed by atoms with van der Waals surface area (Å²) in [6.07, 6.45) is -0.0278. The van der Waals surface area contributed by atoms with E-state index < -0.39 is 6.29 Å². The van der Waals surface area contributed by atoms with Gasteiger partial charge in [0.05, 0.1) is 19.6 Å². The highest BCUT2D eigenvalue weighted by molar-refractivity contribution is 5.69. The van der Waals surface area contributed by atoms with Crippen LogP contribution in [0.25, 0.3) is 0 Å². The van der Waals surface area contributed by atoms with Gasteiger partial charge in [-0.1, -0.05) is 0 Å². The summed E-state index contributed by atoms with van der Waals surface area (Å²) in [7, 11) is 1.33. The fraction of sp³-hybridized carbons (Fsp3) is 0.833. The van der Waals surface area contributed by atoms with Gasteiger partial charge in [-0.15, -0.1) is 0 Å². The maximum absolute atomic E-state index is 10.5. The summed E-state index contributed by atoms with van der Waals surface area (Å²) in [5.41, 5.74) is 0. The van der Waals surface area contributed by atoms with Gasteiger partial charge in [-0.25, -0.2) is 0 Å². The van der Waals surface area contributed by atoms with Crippen LogP contribution in [0.15, 0.2) is 0 Å². The summed E-state index contributed by atoms with van der Waals surface area (Å²) in [6.45, 7) is 0. The summed E-state index contributed by atoms with van der Waals surface area (Å²) >= 11 is 0. The van der Waals surface area contributed by atoms with Crippen LogP contribution in [0.5, 0.6) is 0 Å². The normalized spacial score (nSPS) is 31.0. The molecule has 10 heavy (non-hydrogen) atoms. The monoisotopic (exact) mass is 146 g/mol. The van der Waals surface area contributed by atoms with E-state index in [1.54, 1.807) is 0 Å². The van der Waals surface area contributed by atoms with Gasteiger partial charge in [-0.2, -0.15) is 0 Å². The average Bonchev–Trinajstić information content (AvgIpc) is 1.84.